The van der Waals surface area contributed by atoms with Gasteiger partial charge in [0.05, 0.1) is 0 Å². The Balaban J connectivity index is 0.000000141. The number of hydrogen-bond donors (Lipinski definition) is 0. The molecule has 26 rings (SSSR count). The minimum absolute atomic E-state index is 0.0865. The number of rotatable bonds is 12. The van der Waals surface area contributed by atoms with Gasteiger partial charge in [-0.05, 0) is 266 Å². The lowest BCUT2D eigenvalue weighted by Crippen LogP contribution is -2.14. The first-order chi connectivity index (χ1) is 63.9. The van der Waals surface area contributed by atoms with E-state index in [9.17, 15) is 0 Å². The van der Waals surface area contributed by atoms with Gasteiger partial charge in [-0.25, -0.2) is 19.9 Å². The van der Waals surface area contributed by atoms with Gasteiger partial charge in [-0.3, -0.25) is 0 Å². The van der Waals surface area contributed by atoms with E-state index in [4.69, 9.17) is 27.6 Å². The SMILES string of the molecule is CC1(C)c2ccccc2-c2ccc(-c3ccc4oc5c(-c6cccc(-c7cccc(-c8ncnc9c8oc8ccccc89)c7)c6)cc(-c6ccc7c(c6)C(C)(C)c6ccccc6-7)cc5c4c3)cc21.c1ccc(-c2cccc(-c3ccc4oc5c(-c6cccc(-c7cccc(-c8ncnc9c8oc8ccccc89)c7)c6)cc(-c6cccc(-c7ccccc7)c6)cc5c4c3)c2)cc1. The highest BCUT2D eigenvalue weighted by Gasteiger charge is 2.37. The fraction of sp³-hybridized carbons (Fsp3) is 0.0492. The van der Waals surface area contributed by atoms with Crippen molar-refractivity contribution in [3.8, 4) is 156 Å². The Morgan fingerprint density at radius 1 is 0.169 bits per heavy atom. The number of fused-ring (bicyclic) bond motifs is 18. The summed E-state index contributed by atoms with van der Waals surface area (Å²) < 4.78 is 26.5. The van der Waals surface area contributed by atoms with E-state index in [1.807, 2.05) is 48.5 Å². The van der Waals surface area contributed by atoms with Crippen LogP contribution >= 0.6 is 0 Å². The van der Waals surface area contributed by atoms with Crippen molar-refractivity contribution in [3.63, 3.8) is 0 Å². The van der Waals surface area contributed by atoms with Crippen LogP contribution in [0.5, 0.6) is 0 Å². The van der Waals surface area contributed by atoms with Crippen LogP contribution in [0.2, 0.25) is 0 Å². The summed E-state index contributed by atoms with van der Waals surface area (Å²) in [5, 5.41) is 6.31. The molecule has 130 heavy (non-hydrogen) atoms. The Kier molecular flexibility index (Phi) is 17.5. The Hall–Kier alpha value is -16.7. The van der Waals surface area contributed by atoms with E-state index in [1.165, 1.54) is 83.5 Å². The lowest BCUT2D eigenvalue weighted by Gasteiger charge is -2.22. The highest BCUT2D eigenvalue weighted by molar-refractivity contribution is 6.15. The number of nitrogens with zero attached hydrogens (tertiary/aromatic N) is 4. The molecule has 0 atom stereocenters. The van der Waals surface area contributed by atoms with Crippen molar-refractivity contribution in [2.75, 3.05) is 0 Å². The highest BCUT2D eigenvalue weighted by Crippen LogP contribution is 2.54. The van der Waals surface area contributed by atoms with Crippen LogP contribution in [-0.4, -0.2) is 19.9 Å². The van der Waals surface area contributed by atoms with Crippen molar-refractivity contribution in [3.05, 3.63) is 435 Å². The summed E-state index contributed by atoms with van der Waals surface area (Å²) in [6, 6.07) is 144. The number of furan rings is 4. The van der Waals surface area contributed by atoms with Crippen LogP contribution in [0.15, 0.2) is 431 Å². The molecule has 6 heterocycles. The number of hydrogen-bond acceptors (Lipinski definition) is 8. The average molecular weight is 1670 g/mol. The van der Waals surface area contributed by atoms with E-state index in [-0.39, 0.29) is 10.8 Å². The molecule has 0 amide bonds. The van der Waals surface area contributed by atoms with Crippen molar-refractivity contribution < 1.29 is 17.7 Å². The van der Waals surface area contributed by atoms with Gasteiger partial charge >= 0.3 is 0 Å². The maximum Gasteiger partial charge on any atom is 0.180 e. The second-order valence-corrected chi connectivity index (χ2v) is 35.5. The van der Waals surface area contributed by atoms with E-state index in [0.717, 1.165) is 172 Å². The number of para-hydroxylation sites is 2. The smallest absolute Gasteiger partial charge is 0.180 e. The Morgan fingerprint density at radius 2 is 0.454 bits per heavy atom. The lowest BCUT2D eigenvalue weighted by molar-refractivity contribution is 0.660. The molecule has 6 aromatic heterocycles. The molecule has 2 aliphatic carbocycles. The minimum Gasteiger partial charge on any atom is -0.455 e. The van der Waals surface area contributed by atoms with Crippen molar-refractivity contribution in [2.45, 2.75) is 38.5 Å². The minimum atomic E-state index is -0.122. The molecule has 0 saturated carbocycles. The van der Waals surface area contributed by atoms with Crippen LogP contribution in [0.1, 0.15) is 49.9 Å². The first-order valence-corrected chi connectivity index (χ1v) is 44.4. The Morgan fingerprint density at radius 3 is 0.885 bits per heavy atom. The molecule has 0 aliphatic heterocycles. The predicted octanol–water partition coefficient (Wildman–Crippen LogP) is 33.2. The molecular weight excluding hydrogens is 1590 g/mol. The third-order valence-corrected chi connectivity index (χ3v) is 27.2. The molecule has 0 unspecified atom stereocenters. The maximum absolute atomic E-state index is 6.98. The monoisotopic (exact) mass is 1660 g/mol. The van der Waals surface area contributed by atoms with Gasteiger partial charge in [0.2, 0.25) is 0 Å². The zero-order valence-electron chi connectivity index (χ0n) is 71.7. The molecule has 8 nitrogen and oxygen atoms in total. The van der Waals surface area contributed by atoms with Gasteiger partial charge in [-0.2, -0.15) is 0 Å². The summed E-state index contributed by atoms with van der Waals surface area (Å²) in [5.41, 5.74) is 44.7. The molecule has 18 aromatic carbocycles. The van der Waals surface area contributed by atoms with E-state index in [2.05, 4.69) is 390 Å². The van der Waals surface area contributed by atoms with Crippen molar-refractivity contribution in [1.29, 1.82) is 0 Å². The second-order valence-electron chi connectivity index (χ2n) is 35.5. The van der Waals surface area contributed by atoms with Gasteiger partial charge in [0.1, 0.15) is 68.6 Å². The molecular formula is C122H80N4O4. The van der Waals surface area contributed by atoms with Crippen LogP contribution in [0.25, 0.3) is 244 Å². The topological polar surface area (TPSA) is 104 Å². The summed E-state index contributed by atoms with van der Waals surface area (Å²) in [6.07, 6.45) is 3.26. The Labute approximate surface area is 750 Å². The third-order valence-electron chi connectivity index (χ3n) is 27.2. The van der Waals surface area contributed by atoms with Gasteiger partial charge in [0.15, 0.2) is 11.2 Å². The van der Waals surface area contributed by atoms with Gasteiger partial charge in [-0.15, -0.1) is 0 Å². The van der Waals surface area contributed by atoms with E-state index < -0.39 is 0 Å². The quantitative estimate of drug-likeness (QED) is 0.119. The summed E-state index contributed by atoms with van der Waals surface area (Å²) in [6.45, 7) is 9.40. The largest absolute Gasteiger partial charge is 0.455 e. The number of aromatic nitrogens is 4. The lowest BCUT2D eigenvalue weighted by atomic mass is 9.81. The van der Waals surface area contributed by atoms with E-state index in [1.54, 1.807) is 12.7 Å². The zero-order chi connectivity index (χ0) is 86.5. The van der Waals surface area contributed by atoms with Crippen LogP contribution in [-0.2, 0) is 10.8 Å². The molecule has 2 aliphatic rings. The van der Waals surface area contributed by atoms with Gasteiger partial charge in [0, 0.05) is 65.4 Å². The molecule has 0 spiro atoms. The normalized spacial score (nSPS) is 12.9. The molecule has 24 aromatic rings. The first-order valence-electron chi connectivity index (χ1n) is 44.4. The molecule has 0 N–H and O–H groups in total. The summed E-state index contributed by atoms with van der Waals surface area (Å²) in [4.78, 5) is 18.7. The van der Waals surface area contributed by atoms with E-state index in [0.29, 0.717) is 11.2 Å². The standard InChI is InChI=1S/C64H44N2O2.C58H36N2O2/c1-63(2)53-20-8-5-17-45(53)47-26-23-40(34-55(47)63)39-25-28-58-51(31-39)52-33-44(41-24-27-48-46-18-6-9-21-54(46)64(3,4)56(48)35-41)32-50(61(52)67-58)42-15-11-13-37(29-42)38-14-12-16-43(30-38)59-62-60(66-36-65-59)49-19-7-10-22-57(49)68-62;1-3-13-37(14-4-1)39-17-9-19-41(29-39)45-27-28-54-51(33-45)52-35-48(44-22-10-18-40(30-44)38-15-5-2-6-16-38)34-50(57(52)61-54)46-23-11-20-42(31-46)43-21-12-24-47(32-43)55-58-56(60-36-59-55)49-25-7-8-26-53(49)62-58/h5-36H,1-4H3;1-36H. The summed E-state index contributed by atoms with van der Waals surface area (Å²) in [7, 11) is 0. The molecule has 8 heteroatoms. The van der Waals surface area contributed by atoms with Gasteiger partial charge in [0.25, 0.3) is 0 Å². The van der Waals surface area contributed by atoms with Crippen molar-refractivity contribution in [2.24, 2.45) is 0 Å². The van der Waals surface area contributed by atoms with Crippen molar-refractivity contribution in [1.82, 2.24) is 19.9 Å². The van der Waals surface area contributed by atoms with E-state index >= 15 is 0 Å². The molecule has 0 bridgehead atoms. The fourth-order valence-corrected chi connectivity index (χ4v) is 20.5. The van der Waals surface area contributed by atoms with Gasteiger partial charge < -0.3 is 17.7 Å². The highest BCUT2D eigenvalue weighted by atomic mass is 16.3. The van der Waals surface area contributed by atoms with Crippen LogP contribution in [0.3, 0.4) is 0 Å². The second kappa shape index (κ2) is 30.0. The molecule has 0 fully saturated rings. The zero-order valence-corrected chi connectivity index (χ0v) is 71.7. The van der Waals surface area contributed by atoms with Crippen LogP contribution < -0.4 is 0 Å². The summed E-state index contributed by atoms with van der Waals surface area (Å²) in [5.74, 6) is 0. The average Bonchev–Trinajstić information content (AvgIpc) is 1.57. The third kappa shape index (κ3) is 12.6. The van der Waals surface area contributed by atoms with Crippen LogP contribution in [0.4, 0.5) is 0 Å². The van der Waals surface area contributed by atoms with Gasteiger partial charge in [-0.1, -0.05) is 307 Å². The number of benzene rings is 18. The van der Waals surface area contributed by atoms with Crippen LogP contribution in [0, 0.1) is 0 Å². The Bertz CT molecular complexity index is 8760. The first kappa shape index (κ1) is 75.8. The maximum atomic E-state index is 6.98. The summed E-state index contributed by atoms with van der Waals surface area (Å²) >= 11 is 0. The molecule has 0 radical (unpaired) electrons. The molecule has 612 valence electrons. The predicted molar refractivity (Wildman–Crippen MR) is 534 cm³/mol. The fourth-order valence-electron chi connectivity index (χ4n) is 20.5. The van der Waals surface area contributed by atoms with Crippen molar-refractivity contribution >= 4 is 88.0 Å². The molecule has 0 saturated heterocycles.